The van der Waals surface area contributed by atoms with Gasteiger partial charge < -0.3 is 5.32 Å². The second-order valence-corrected chi connectivity index (χ2v) is 10.3. The third-order valence-corrected chi connectivity index (χ3v) is 7.92. The minimum absolute atomic E-state index is 0.0161. The summed E-state index contributed by atoms with van der Waals surface area (Å²) in [5.74, 6) is -0.0666. The molecule has 0 aromatic carbocycles. The van der Waals surface area contributed by atoms with Gasteiger partial charge in [-0.1, -0.05) is 34.8 Å². The van der Waals surface area contributed by atoms with E-state index in [0.717, 1.165) is 11.3 Å². The van der Waals surface area contributed by atoms with Crippen molar-refractivity contribution in [2.75, 3.05) is 18.4 Å². The van der Waals surface area contributed by atoms with Crippen LogP contribution in [0.25, 0.3) is 0 Å². The lowest BCUT2D eigenvalue weighted by molar-refractivity contribution is -0.120. The Morgan fingerprint density at radius 1 is 1.23 bits per heavy atom. The van der Waals surface area contributed by atoms with Crippen molar-refractivity contribution < 1.29 is 13.2 Å². The summed E-state index contributed by atoms with van der Waals surface area (Å²) < 4.78 is 27.2. The first-order valence-corrected chi connectivity index (χ1v) is 11.0. The summed E-state index contributed by atoms with van der Waals surface area (Å²) in [7, 11) is -3.72. The number of halogens is 3. The van der Waals surface area contributed by atoms with Gasteiger partial charge >= 0.3 is 0 Å². The van der Waals surface area contributed by atoms with Crippen LogP contribution >= 0.6 is 46.1 Å². The lowest BCUT2D eigenvalue weighted by Gasteiger charge is -2.30. The van der Waals surface area contributed by atoms with E-state index in [1.807, 2.05) is 0 Å². The molecule has 2 aromatic heterocycles. The number of nitrogens with one attached hydrogen (secondary N) is 1. The molecule has 0 atom stereocenters. The van der Waals surface area contributed by atoms with Crippen molar-refractivity contribution in [3.63, 3.8) is 0 Å². The molecule has 0 radical (unpaired) electrons. The predicted octanol–water partition coefficient (Wildman–Crippen LogP) is 4.14. The number of pyridine rings is 1. The quantitative estimate of drug-likeness (QED) is 0.753. The van der Waals surface area contributed by atoms with Gasteiger partial charge in [-0.25, -0.2) is 13.4 Å². The number of piperidine rings is 1. The van der Waals surface area contributed by atoms with Crippen LogP contribution in [0.4, 0.5) is 5.82 Å². The van der Waals surface area contributed by atoms with Crippen LogP contribution in [0.5, 0.6) is 0 Å². The smallest absolute Gasteiger partial charge is 0.245 e. The topological polar surface area (TPSA) is 79.4 Å². The molecule has 1 saturated heterocycles. The Balaban J connectivity index is 1.62. The maximum Gasteiger partial charge on any atom is 0.245 e. The Kier molecular flexibility index (Phi) is 6.11. The molecule has 3 heterocycles. The highest BCUT2D eigenvalue weighted by Crippen LogP contribution is 2.36. The summed E-state index contributed by atoms with van der Waals surface area (Å²) in [4.78, 5) is 16.4. The van der Waals surface area contributed by atoms with Crippen molar-refractivity contribution in [2.45, 2.75) is 17.7 Å². The van der Waals surface area contributed by atoms with Gasteiger partial charge in [0.2, 0.25) is 15.9 Å². The normalized spacial score (nSPS) is 16.6. The second kappa shape index (κ2) is 8.00. The molecule has 0 aliphatic carbocycles. The zero-order valence-electron chi connectivity index (χ0n) is 13.3. The maximum absolute atomic E-state index is 12.7. The number of nitrogens with zero attached hydrogens (tertiary/aromatic N) is 2. The van der Waals surface area contributed by atoms with E-state index in [2.05, 4.69) is 10.3 Å². The molecule has 1 aliphatic rings. The molecular formula is C15H14Cl3N3O3S2. The Morgan fingerprint density at radius 3 is 2.46 bits per heavy atom. The summed E-state index contributed by atoms with van der Waals surface area (Å²) in [6.07, 6.45) is 2.27. The van der Waals surface area contributed by atoms with Gasteiger partial charge in [0.25, 0.3) is 0 Å². The van der Waals surface area contributed by atoms with E-state index in [9.17, 15) is 13.2 Å². The molecule has 11 heteroatoms. The van der Waals surface area contributed by atoms with E-state index < -0.39 is 10.0 Å². The summed E-state index contributed by atoms with van der Waals surface area (Å²) in [6, 6.07) is 4.60. The van der Waals surface area contributed by atoms with E-state index in [-0.39, 0.29) is 34.1 Å². The van der Waals surface area contributed by atoms with Gasteiger partial charge in [-0.2, -0.15) is 4.31 Å². The SMILES string of the molecule is O=C(Nc1ccc(Cl)cn1)C1CCN(S(=O)(=O)c2cc(Cl)sc2Cl)CC1. The zero-order valence-corrected chi connectivity index (χ0v) is 17.2. The molecule has 2 aromatic rings. The lowest BCUT2D eigenvalue weighted by Crippen LogP contribution is -2.41. The van der Waals surface area contributed by atoms with Gasteiger partial charge in [0, 0.05) is 25.2 Å². The molecule has 3 rings (SSSR count). The molecule has 0 spiro atoms. The van der Waals surface area contributed by atoms with Crippen LogP contribution in [0, 0.1) is 5.92 Å². The molecular weight excluding hydrogens is 441 g/mol. The largest absolute Gasteiger partial charge is 0.310 e. The highest BCUT2D eigenvalue weighted by Gasteiger charge is 2.34. The number of hydrogen-bond acceptors (Lipinski definition) is 5. The first-order chi connectivity index (χ1) is 12.3. The van der Waals surface area contributed by atoms with Crippen molar-refractivity contribution >= 4 is 67.9 Å². The van der Waals surface area contributed by atoms with Gasteiger partial charge in [0.15, 0.2) is 0 Å². The number of anilines is 1. The maximum atomic E-state index is 12.7. The van der Waals surface area contributed by atoms with Crippen molar-refractivity contribution in [1.29, 1.82) is 0 Å². The van der Waals surface area contributed by atoms with Crippen molar-refractivity contribution in [1.82, 2.24) is 9.29 Å². The molecule has 6 nitrogen and oxygen atoms in total. The fourth-order valence-corrected chi connectivity index (χ4v) is 6.37. The van der Waals surface area contributed by atoms with Crippen LogP contribution in [0.2, 0.25) is 13.7 Å². The highest BCUT2D eigenvalue weighted by molar-refractivity contribution is 7.89. The van der Waals surface area contributed by atoms with E-state index >= 15 is 0 Å². The number of rotatable bonds is 4. The van der Waals surface area contributed by atoms with Crippen LogP contribution < -0.4 is 5.32 Å². The Bertz CT molecular complexity index is 908. The van der Waals surface area contributed by atoms with E-state index in [0.29, 0.717) is 28.0 Å². The Morgan fingerprint density at radius 2 is 1.92 bits per heavy atom. The molecule has 0 bridgehead atoms. The third kappa shape index (κ3) is 4.32. The minimum Gasteiger partial charge on any atom is -0.310 e. The van der Waals surface area contributed by atoms with E-state index in [1.54, 1.807) is 12.1 Å². The molecule has 0 unspecified atom stereocenters. The van der Waals surface area contributed by atoms with Gasteiger partial charge in [0.1, 0.15) is 15.0 Å². The van der Waals surface area contributed by atoms with Gasteiger partial charge in [-0.3, -0.25) is 4.79 Å². The molecule has 26 heavy (non-hydrogen) atoms. The van der Waals surface area contributed by atoms with Gasteiger partial charge in [-0.15, -0.1) is 11.3 Å². The first-order valence-electron chi connectivity index (χ1n) is 7.65. The number of carbonyl (C=O) groups is 1. The predicted molar refractivity (Wildman–Crippen MR) is 104 cm³/mol. The molecule has 1 N–H and O–H groups in total. The highest BCUT2D eigenvalue weighted by atomic mass is 35.5. The lowest BCUT2D eigenvalue weighted by atomic mass is 9.97. The number of amides is 1. The monoisotopic (exact) mass is 453 g/mol. The van der Waals surface area contributed by atoms with Crippen LogP contribution in [0.15, 0.2) is 29.3 Å². The average molecular weight is 455 g/mol. The average Bonchev–Trinajstić information content (AvgIpc) is 2.96. The van der Waals surface area contributed by atoms with Crippen LogP contribution in [0.1, 0.15) is 12.8 Å². The van der Waals surface area contributed by atoms with Gasteiger partial charge in [-0.05, 0) is 31.0 Å². The van der Waals surface area contributed by atoms with Crippen molar-refractivity contribution in [2.24, 2.45) is 5.92 Å². The van der Waals surface area contributed by atoms with Gasteiger partial charge in [0.05, 0.1) is 9.36 Å². The molecule has 1 amide bonds. The zero-order chi connectivity index (χ0) is 18.9. The Hall–Kier alpha value is -0.900. The molecule has 0 saturated carbocycles. The molecule has 1 aliphatic heterocycles. The summed E-state index contributed by atoms with van der Waals surface area (Å²) in [5.41, 5.74) is 0. The molecule has 140 valence electrons. The number of thiophene rings is 1. The Labute approximate surface area is 170 Å². The fourth-order valence-electron chi connectivity index (χ4n) is 2.68. The van der Waals surface area contributed by atoms with Crippen molar-refractivity contribution in [3.8, 4) is 0 Å². The first kappa shape index (κ1) is 19.9. The standard InChI is InChI=1S/C15H14Cl3N3O3S2/c16-10-1-2-13(19-8-10)20-15(22)9-3-5-21(6-4-9)26(23,24)11-7-12(17)25-14(11)18/h1-2,7-9H,3-6H2,(H,19,20,22). The second-order valence-electron chi connectivity index (χ2n) is 5.72. The third-order valence-electron chi connectivity index (χ3n) is 4.05. The fraction of sp³-hybridized carbons (Fsp3) is 0.333. The van der Waals surface area contributed by atoms with E-state index in [1.165, 1.54) is 16.6 Å². The minimum atomic E-state index is -3.72. The number of hydrogen-bond donors (Lipinski definition) is 1. The number of sulfonamides is 1. The summed E-state index contributed by atoms with van der Waals surface area (Å²) >= 11 is 18.6. The van der Waals surface area contributed by atoms with E-state index in [4.69, 9.17) is 34.8 Å². The van der Waals surface area contributed by atoms with Crippen LogP contribution in [0.3, 0.4) is 0 Å². The summed E-state index contributed by atoms with van der Waals surface area (Å²) in [5, 5.41) is 3.20. The van der Waals surface area contributed by atoms with Crippen LogP contribution in [-0.2, 0) is 14.8 Å². The summed E-state index contributed by atoms with van der Waals surface area (Å²) in [6.45, 7) is 0.469. The van der Waals surface area contributed by atoms with Crippen molar-refractivity contribution in [3.05, 3.63) is 38.1 Å². The number of aromatic nitrogens is 1. The van der Waals surface area contributed by atoms with Crippen LogP contribution in [-0.4, -0.2) is 36.7 Å². The number of carbonyl (C=O) groups excluding carboxylic acids is 1. The molecule has 1 fully saturated rings.